The molecule has 0 saturated heterocycles. The first-order valence-electron chi connectivity index (χ1n) is 9.03. The van der Waals surface area contributed by atoms with Crippen molar-refractivity contribution in [3.05, 3.63) is 58.5 Å². The van der Waals surface area contributed by atoms with Crippen LogP contribution < -0.4 is 15.6 Å². The lowest BCUT2D eigenvalue weighted by Crippen LogP contribution is -2.13. The number of benzene rings is 1. The summed E-state index contributed by atoms with van der Waals surface area (Å²) in [6.45, 7) is 3.18. The van der Waals surface area contributed by atoms with Crippen LogP contribution in [-0.4, -0.2) is 41.7 Å². The highest BCUT2D eigenvalue weighted by molar-refractivity contribution is 5.86. The van der Waals surface area contributed by atoms with Crippen LogP contribution in [0, 0.1) is 6.92 Å². The van der Waals surface area contributed by atoms with E-state index in [0.717, 1.165) is 27.9 Å². The minimum Gasteiger partial charge on any atom is -0.497 e. The van der Waals surface area contributed by atoms with Crippen LogP contribution in [0.3, 0.4) is 0 Å². The second-order valence-corrected chi connectivity index (χ2v) is 6.63. The predicted octanol–water partition coefficient (Wildman–Crippen LogP) is 3.22. The molecule has 3 heterocycles. The van der Waals surface area contributed by atoms with Gasteiger partial charge in [-0.2, -0.15) is 0 Å². The SMILES string of the molecule is COCCNc1c(-c2cc3ccc(OC)cc3[nH]c2=O)nc2ccc(C)cn12. The summed E-state index contributed by atoms with van der Waals surface area (Å²) in [5, 5.41) is 4.27. The number of fused-ring (bicyclic) bond motifs is 2. The monoisotopic (exact) mass is 378 g/mol. The van der Waals surface area contributed by atoms with Crippen LogP contribution in [-0.2, 0) is 4.74 Å². The van der Waals surface area contributed by atoms with Crippen LogP contribution in [0.4, 0.5) is 5.82 Å². The van der Waals surface area contributed by atoms with Crippen LogP contribution >= 0.6 is 0 Å². The maximum Gasteiger partial charge on any atom is 0.258 e. The molecule has 0 amide bonds. The van der Waals surface area contributed by atoms with Gasteiger partial charge in [-0.05, 0) is 42.1 Å². The molecule has 3 aromatic heterocycles. The van der Waals surface area contributed by atoms with Gasteiger partial charge < -0.3 is 19.8 Å². The smallest absolute Gasteiger partial charge is 0.258 e. The molecule has 7 heteroatoms. The van der Waals surface area contributed by atoms with E-state index in [0.29, 0.717) is 30.2 Å². The highest BCUT2D eigenvalue weighted by Gasteiger charge is 2.17. The van der Waals surface area contributed by atoms with Crippen LogP contribution in [0.25, 0.3) is 27.8 Å². The van der Waals surface area contributed by atoms with Gasteiger partial charge in [-0.15, -0.1) is 0 Å². The molecule has 0 atom stereocenters. The summed E-state index contributed by atoms with van der Waals surface area (Å²) in [4.78, 5) is 20.5. The summed E-state index contributed by atoms with van der Waals surface area (Å²) in [6, 6.07) is 11.4. The Hall–Kier alpha value is -3.32. The summed E-state index contributed by atoms with van der Waals surface area (Å²) < 4.78 is 12.4. The first-order chi connectivity index (χ1) is 13.6. The average Bonchev–Trinajstić information content (AvgIpc) is 3.04. The molecular formula is C21H22N4O3. The van der Waals surface area contributed by atoms with Gasteiger partial charge in [0, 0.05) is 25.9 Å². The molecule has 28 heavy (non-hydrogen) atoms. The minimum absolute atomic E-state index is 0.198. The summed E-state index contributed by atoms with van der Waals surface area (Å²) in [5.41, 5.74) is 3.53. The Bertz CT molecular complexity index is 1210. The summed E-state index contributed by atoms with van der Waals surface area (Å²) >= 11 is 0. The Morgan fingerprint density at radius 2 is 2.04 bits per heavy atom. The highest BCUT2D eigenvalue weighted by atomic mass is 16.5. The maximum absolute atomic E-state index is 12.9. The molecule has 0 saturated carbocycles. The van der Waals surface area contributed by atoms with Gasteiger partial charge in [-0.1, -0.05) is 6.07 Å². The Labute approximate surface area is 161 Å². The molecule has 0 spiro atoms. The number of ether oxygens (including phenoxy) is 2. The third-order valence-corrected chi connectivity index (χ3v) is 4.67. The van der Waals surface area contributed by atoms with Crippen molar-refractivity contribution >= 4 is 22.4 Å². The normalized spacial score (nSPS) is 11.2. The molecule has 0 radical (unpaired) electrons. The molecule has 0 bridgehead atoms. The zero-order valence-electron chi connectivity index (χ0n) is 16.1. The highest BCUT2D eigenvalue weighted by Crippen LogP contribution is 2.29. The van der Waals surface area contributed by atoms with E-state index >= 15 is 0 Å². The quantitative estimate of drug-likeness (QED) is 0.504. The van der Waals surface area contributed by atoms with Gasteiger partial charge in [-0.3, -0.25) is 9.20 Å². The van der Waals surface area contributed by atoms with Crippen molar-refractivity contribution in [3.63, 3.8) is 0 Å². The molecular weight excluding hydrogens is 356 g/mol. The van der Waals surface area contributed by atoms with Gasteiger partial charge in [0.05, 0.1) is 24.8 Å². The van der Waals surface area contributed by atoms with Crippen molar-refractivity contribution in [1.29, 1.82) is 0 Å². The van der Waals surface area contributed by atoms with Gasteiger partial charge in [0.2, 0.25) is 0 Å². The van der Waals surface area contributed by atoms with Gasteiger partial charge >= 0.3 is 0 Å². The number of imidazole rings is 1. The molecule has 144 valence electrons. The van der Waals surface area contributed by atoms with Crippen molar-refractivity contribution in [3.8, 4) is 17.0 Å². The molecule has 0 fully saturated rings. The number of rotatable bonds is 6. The van der Waals surface area contributed by atoms with E-state index in [2.05, 4.69) is 10.3 Å². The largest absolute Gasteiger partial charge is 0.497 e. The molecule has 7 nitrogen and oxygen atoms in total. The van der Waals surface area contributed by atoms with E-state index in [4.69, 9.17) is 14.5 Å². The number of anilines is 1. The number of methoxy groups -OCH3 is 2. The van der Waals surface area contributed by atoms with Gasteiger partial charge in [0.1, 0.15) is 22.9 Å². The Morgan fingerprint density at radius 3 is 2.82 bits per heavy atom. The Morgan fingerprint density at radius 1 is 1.18 bits per heavy atom. The third-order valence-electron chi connectivity index (χ3n) is 4.67. The number of aryl methyl sites for hydroxylation is 1. The Kier molecular flexibility index (Phi) is 4.75. The standard InChI is InChI=1S/C21H22N4O3/c1-13-4-7-18-24-19(20(25(18)12-13)22-8-9-27-2)16-10-14-5-6-15(28-3)11-17(14)23-21(16)26/h4-7,10-12,22H,8-9H2,1-3H3,(H,23,26). The minimum atomic E-state index is -0.198. The zero-order chi connectivity index (χ0) is 19.7. The number of hydrogen-bond donors (Lipinski definition) is 2. The predicted molar refractivity (Wildman–Crippen MR) is 110 cm³/mol. The average molecular weight is 378 g/mol. The fourth-order valence-electron chi connectivity index (χ4n) is 3.26. The maximum atomic E-state index is 12.9. The zero-order valence-corrected chi connectivity index (χ0v) is 16.1. The van der Waals surface area contributed by atoms with Gasteiger partial charge in [-0.25, -0.2) is 4.98 Å². The first-order valence-corrected chi connectivity index (χ1v) is 9.03. The number of aromatic amines is 1. The van der Waals surface area contributed by atoms with Crippen LogP contribution in [0.1, 0.15) is 5.56 Å². The number of nitrogens with one attached hydrogen (secondary N) is 2. The van der Waals surface area contributed by atoms with Gasteiger partial charge in [0.25, 0.3) is 5.56 Å². The molecule has 4 aromatic rings. The number of nitrogens with zero attached hydrogens (tertiary/aromatic N) is 2. The van der Waals surface area contributed by atoms with Crippen molar-refractivity contribution < 1.29 is 9.47 Å². The lowest BCUT2D eigenvalue weighted by atomic mass is 10.1. The summed E-state index contributed by atoms with van der Waals surface area (Å²) in [5.74, 6) is 1.47. The second kappa shape index (κ2) is 7.36. The molecule has 0 aliphatic carbocycles. The second-order valence-electron chi connectivity index (χ2n) is 6.63. The molecule has 4 rings (SSSR count). The topological polar surface area (TPSA) is 80.7 Å². The lowest BCUT2D eigenvalue weighted by Gasteiger charge is -2.09. The van der Waals surface area contributed by atoms with Crippen LogP contribution in [0.5, 0.6) is 5.75 Å². The molecule has 2 N–H and O–H groups in total. The van der Waals surface area contributed by atoms with Crippen molar-refractivity contribution in [1.82, 2.24) is 14.4 Å². The van der Waals surface area contributed by atoms with E-state index in [9.17, 15) is 4.79 Å². The van der Waals surface area contributed by atoms with Crippen molar-refractivity contribution in [2.24, 2.45) is 0 Å². The van der Waals surface area contributed by atoms with E-state index in [-0.39, 0.29) is 5.56 Å². The number of H-pyrrole nitrogens is 1. The van der Waals surface area contributed by atoms with E-state index in [1.165, 1.54) is 0 Å². The van der Waals surface area contributed by atoms with E-state index in [1.807, 2.05) is 53.9 Å². The van der Waals surface area contributed by atoms with E-state index < -0.39 is 0 Å². The van der Waals surface area contributed by atoms with Crippen molar-refractivity contribution in [2.45, 2.75) is 6.92 Å². The Balaban J connectivity index is 1.91. The van der Waals surface area contributed by atoms with Crippen molar-refractivity contribution in [2.75, 3.05) is 32.7 Å². The van der Waals surface area contributed by atoms with E-state index in [1.54, 1.807) is 14.2 Å². The number of pyridine rings is 2. The number of aromatic nitrogens is 3. The molecule has 0 aliphatic rings. The van der Waals surface area contributed by atoms with Gasteiger partial charge in [0.15, 0.2) is 0 Å². The first kappa shape index (κ1) is 18.1. The molecule has 0 unspecified atom stereocenters. The molecule has 0 aliphatic heterocycles. The summed E-state index contributed by atoms with van der Waals surface area (Å²) in [6.07, 6.45) is 2.00. The van der Waals surface area contributed by atoms with Crippen LogP contribution in [0.15, 0.2) is 47.4 Å². The third kappa shape index (κ3) is 3.20. The fraction of sp³-hybridized carbons (Fsp3) is 0.238. The number of hydrogen-bond acceptors (Lipinski definition) is 5. The lowest BCUT2D eigenvalue weighted by molar-refractivity contribution is 0.210. The fourth-order valence-corrected chi connectivity index (χ4v) is 3.26. The van der Waals surface area contributed by atoms with Crippen LogP contribution in [0.2, 0.25) is 0 Å². The molecule has 1 aromatic carbocycles. The summed E-state index contributed by atoms with van der Waals surface area (Å²) in [7, 11) is 3.26.